The minimum absolute atomic E-state index is 0.219. The first kappa shape index (κ1) is 16.8. The van der Waals surface area contributed by atoms with Gasteiger partial charge in [-0.05, 0) is 66.8 Å². The van der Waals surface area contributed by atoms with Crippen LogP contribution in [0.2, 0.25) is 0 Å². The quantitative estimate of drug-likeness (QED) is 0.799. The highest BCUT2D eigenvalue weighted by molar-refractivity contribution is 9.10. The smallest absolute Gasteiger partial charge is 0.226 e. The molecule has 5 heteroatoms. The van der Waals surface area contributed by atoms with Gasteiger partial charge in [0.05, 0.1) is 10.2 Å². The van der Waals surface area contributed by atoms with Crippen molar-refractivity contribution in [2.75, 3.05) is 31.6 Å². The first-order chi connectivity index (χ1) is 11.1. The van der Waals surface area contributed by atoms with E-state index in [2.05, 4.69) is 40.0 Å². The Labute approximate surface area is 146 Å². The molecule has 2 aliphatic rings. The topological polar surface area (TPSA) is 32.8 Å². The van der Waals surface area contributed by atoms with Gasteiger partial charge in [-0.1, -0.05) is 6.92 Å². The van der Waals surface area contributed by atoms with Gasteiger partial charge in [0, 0.05) is 25.6 Å². The molecule has 0 spiro atoms. The lowest BCUT2D eigenvalue weighted by Crippen LogP contribution is -2.38. The summed E-state index contributed by atoms with van der Waals surface area (Å²) in [6.45, 7) is 4.94. The van der Waals surface area contributed by atoms with Gasteiger partial charge >= 0.3 is 0 Å². The zero-order chi connectivity index (χ0) is 16.4. The van der Waals surface area contributed by atoms with Crippen molar-refractivity contribution in [2.24, 2.45) is 0 Å². The first-order valence-electron chi connectivity index (χ1n) is 8.56. The van der Waals surface area contributed by atoms with Crippen molar-refractivity contribution in [3.05, 3.63) is 22.2 Å². The van der Waals surface area contributed by atoms with E-state index in [0.717, 1.165) is 54.8 Å². The van der Waals surface area contributed by atoms with Crippen molar-refractivity contribution in [2.45, 2.75) is 45.1 Å². The van der Waals surface area contributed by atoms with Crippen LogP contribution in [0.1, 0.15) is 38.2 Å². The Morgan fingerprint density at radius 3 is 2.96 bits per heavy atom. The van der Waals surface area contributed by atoms with E-state index in [1.165, 1.54) is 12.0 Å². The number of piperidine rings is 1. The molecular weight excluding hydrogens is 356 g/mol. The standard InChI is InChI=1S/C18H25BrN2O2/c1-3-5-18(22)21-9-7-13-10-15(19)17(11-16(13)21)23-14-6-4-8-20(2)12-14/h10-11,14H,3-9,12H2,1-2H3. The van der Waals surface area contributed by atoms with E-state index in [1.807, 2.05) is 11.8 Å². The van der Waals surface area contributed by atoms with Crippen LogP contribution in [-0.2, 0) is 11.2 Å². The number of likely N-dealkylation sites (tertiary alicyclic amines) is 1. The number of halogens is 1. The number of hydrogen-bond donors (Lipinski definition) is 0. The summed E-state index contributed by atoms with van der Waals surface area (Å²) in [5.41, 5.74) is 2.26. The van der Waals surface area contributed by atoms with Crippen molar-refractivity contribution in [3.63, 3.8) is 0 Å². The average molecular weight is 381 g/mol. The highest BCUT2D eigenvalue weighted by Crippen LogP contribution is 2.38. The van der Waals surface area contributed by atoms with Crippen LogP contribution in [0.25, 0.3) is 0 Å². The fourth-order valence-corrected chi connectivity index (χ4v) is 3.97. The summed E-state index contributed by atoms with van der Waals surface area (Å²) in [5, 5.41) is 0. The summed E-state index contributed by atoms with van der Waals surface area (Å²) in [6, 6.07) is 4.17. The fourth-order valence-electron chi connectivity index (χ4n) is 3.48. The van der Waals surface area contributed by atoms with Crippen LogP contribution < -0.4 is 9.64 Å². The lowest BCUT2D eigenvalue weighted by molar-refractivity contribution is -0.118. The molecule has 1 fully saturated rings. The summed E-state index contributed by atoms with van der Waals surface area (Å²) in [5.74, 6) is 1.08. The number of rotatable bonds is 4. The molecule has 1 saturated heterocycles. The molecule has 23 heavy (non-hydrogen) atoms. The maximum Gasteiger partial charge on any atom is 0.226 e. The number of benzene rings is 1. The van der Waals surface area contributed by atoms with Gasteiger partial charge in [-0.2, -0.15) is 0 Å². The van der Waals surface area contributed by atoms with Gasteiger partial charge in [-0.3, -0.25) is 4.79 Å². The number of hydrogen-bond acceptors (Lipinski definition) is 3. The molecule has 2 heterocycles. The Morgan fingerprint density at radius 2 is 2.22 bits per heavy atom. The number of fused-ring (bicyclic) bond motifs is 1. The Morgan fingerprint density at radius 1 is 1.39 bits per heavy atom. The SMILES string of the molecule is CCCC(=O)N1CCc2cc(Br)c(OC3CCCN(C)C3)cc21. The lowest BCUT2D eigenvalue weighted by Gasteiger charge is -2.30. The van der Waals surface area contributed by atoms with Gasteiger partial charge < -0.3 is 14.5 Å². The molecule has 1 aromatic carbocycles. The molecule has 0 aromatic heterocycles. The van der Waals surface area contributed by atoms with Crippen LogP contribution in [0.15, 0.2) is 16.6 Å². The van der Waals surface area contributed by atoms with Crippen molar-refractivity contribution in [3.8, 4) is 5.75 Å². The van der Waals surface area contributed by atoms with E-state index in [9.17, 15) is 4.79 Å². The second kappa shape index (κ2) is 7.22. The Kier molecular flexibility index (Phi) is 5.27. The van der Waals surface area contributed by atoms with E-state index in [4.69, 9.17) is 4.74 Å². The van der Waals surface area contributed by atoms with E-state index in [-0.39, 0.29) is 12.0 Å². The molecule has 126 valence electrons. The minimum Gasteiger partial charge on any atom is -0.488 e. The Bertz CT molecular complexity index is 591. The van der Waals surface area contributed by atoms with Crippen molar-refractivity contribution < 1.29 is 9.53 Å². The second-order valence-corrected chi connectivity index (χ2v) is 7.46. The number of amides is 1. The van der Waals surface area contributed by atoms with Gasteiger partial charge in [0.1, 0.15) is 11.9 Å². The van der Waals surface area contributed by atoms with E-state index >= 15 is 0 Å². The van der Waals surface area contributed by atoms with Crippen LogP contribution in [0, 0.1) is 0 Å². The molecule has 4 nitrogen and oxygen atoms in total. The predicted octanol–water partition coefficient (Wildman–Crippen LogP) is 3.61. The normalized spacial score (nSPS) is 21.3. The zero-order valence-electron chi connectivity index (χ0n) is 14.0. The predicted molar refractivity (Wildman–Crippen MR) is 96.3 cm³/mol. The average Bonchev–Trinajstić information content (AvgIpc) is 2.90. The molecule has 1 unspecified atom stereocenters. The summed E-state index contributed by atoms with van der Waals surface area (Å²) >= 11 is 3.64. The van der Waals surface area contributed by atoms with E-state index in [0.29, 0.717) is 6.42 Å². The van der Waals surface area contributed by atoms with Gasteiger partial charge in [0.15, 0.2) is 0 Å². The second-order valence-electron chi connectivity index (χ2n) is 6.60. The summed E-state index contributed by atoms with van der Waals surface area (Å²) in [7, 11) is 2.14. The zero-order valence-corrected chi connectivity index (χ0v) is 15.6. The Hall–Kier alpha value is -1.07. The molecule has 1 aromatic rings. The van der Waals surface area contributed by atoms with Crippen LogP contribution in [0.3, 0.4) is 0 Å². The number of anilines is 1. The van der Waals surface area contributed by atoms with Crippen molar-refractivity contribution in [1.29, 1.82) is 0 Å². The molecule has 0 radical (unpaired) electrons. The number of ether oxygens (including phenoxy) is 1. The highest BCUT2D eigenvalue weighted by Gasteiger charge is 2.27. The third-order valence-electron chi connectivity index (χ3n) is 4.67. The molecule has 0 aliphatic carbocycles. The molecule has 2 aliphatic heterocycles. The number of nitrogens with zero attached hydrogens (tertiary/aromatic N) is 2. The number of likely N-dealkylation sites (N-methyl/N-ethyl adjacent to an activating group) is 1. The molecular formula is C18H25BrN2O2. The first-order valence-corrected chi connectivity index (χ1v) is 9.35. The van der Waals surface area contributed by atoms with Crippen LogP contribution in [0.4, 0.5) is 5.69 Å². The molecule has 0 bridgehead atoms. The third-order valence-corrected chi connectivity index (χ3v) is 5.29. The van der Waals surface area contributed by atoms with Gasteiger partial charge in [0.25, 0.3) is 0 Å². The van der Waals surface area contributed by atoms with Crippen molar-refractivity contribution >= 4 is 27.5 Å². The third kappa shape index (κ3) is 3.72. The number of carbonyl (C=O) groups excluding carboxylic acids is 1. The maximum atomic E-state index is 12.3. The van der Waals surface area contributed by atoms with Crippen LogP contribution in [-0.4, -0.2) is 43.6 Å². The summed E-state index contributed by atoms with van der Waals surface area (Å²) in [4.78, 5) is 16.5. The molecule has 1 amide bonds. The van der Waals surface area contributed by atoms with Crippen molar-refractivity contribution in [1.82, 2.24) is 4.90 Å². The van der Waals surface area contributed by atoms with E-state index < -0.39 is 0 Å². The van der Waals surface area contributed by atoms with Gasteiger partial charge in [0.2, 0.25) is 5.91 Å². The van der Waals surface area contributed by atoms with Crippen LogP contribution in [0.5, 0.6) is 5.75 Å². The van der Waals surface area contributed by atoms with E-state index in [1.54, 1.807) is 0 Å². The van der Waals surface area contributed by atoms with Gasteiger partial charge in [-0.15, -0.1) is 0 Å². The summed E-state index contributed by atoms with van der Waals surface area (Å²) in [6.07, 6.45) is 4.91. The lowest BCUT2D eigenvalue weighted by atomic mass is 10.1. The monoisotopic (exact) mass is 380 g/mol. The highest BCUT2D eigenvalue weighted by atomic mass is 79.9. The molecule has 1 atom stereocenters. The molecule has 3 rings (SSSR count). The summed E-state index contributed by atoms with van der Waals surface area (Å²) < 4.78 is 7.24. The maximum absolute atomic E-state index is 12.3. The van der Waals surface area contributed by atoms with Gasteiger partial charge in [-0.25, -0.2) is 0 Å². The molecule has 0 N–H and O–H groups in total. The number of carbonyl (C=O) groups is 1. The van der Waals surface area contributed by atoms with Crippen LogP contribution >= 0.6 is 15.9 Å². The largest absolute Gasteiger partial charge is 0.488 e. The Balaban J connectivity index is 1.79. The fraction of sp³-hybridized carbons (Fsp3) is 0.611. The molecule has 0 saturated carbocycles. The minimum atomic E-state index is 0.219.